The Morgan fingerprint density at radius 3 is 2.50 bits per heavy atom. The van der Waals surface area contributed by atoms with E-state index in [9.17, 15) is 0 Å². The van der Waals surface area contributed by atoms with Gasteiger partial charge in [-0.15, -0.1) is 0 Å². The van der Waals surface area contributed by atoms with Gasteiger partial charge < -0.3 is 15.5 Å². The molecule has 1 aromatic rings. The zero-order chi connectivity index (χ0) is 13.6. The molecular formula is C15H25N5. The second-order valence-corrected chi connectivity index (χ2v) is 5.70. The van der Waals surface area contributed by atoms with E-state index < -0.39 is 0 Å². The molecular weight excluding hydrogens is 250 g/mol. The van der Waals surface area contributed by atoms with Crippen LogP contribution in [0.3, 0.4) is 0 Å². The molecule has 1 saturated heterocycles. The van der Waals surface area contributed by atoms with E-state index >= 15 is 0 Å². The highest BCUT2D eigenvalue weighted by Gasteiger charge is 2.19. The lowest BCUT2D eigenvalue weighted by Gasteiger charge is -2.29. The lowest BCUT2D eigenvalue weighted by Crippen LogP contribution is -2.33. The van der Waals surface area contributed by atoms with Crippen molar-refractivity contribution in [3.05, 3.63) is 17.6 Å². The monoisotopic (exact) mass is 275 g/mol. The molecule has 1 aromatic heterocycles. The van der Waals surface area contributed by atoms with Crippen molar-refractivity contribution in [3.8, 4) is 0 Å². The molecule has 20 heavy (non-hydrogen) atoms. The largest absolute Gasteiger partial charge is 0.356 e. The van der Waals surface area contributed by atoms with E-state index in [-0.39, 0.29) is 0 Å². The standard InChI is InChI=1S/C15H25N5/c1-3-9-20(10-4-2-7-16-6-1)15-13-5-8-17-11-14(13)18-12-19-15/h12,16-17H,1-11H2. The molecule has 3 rings (SSSR count). The number of fused-ring (bicyclic) bond motifs is 1. The Kier molecular flexibility index (Phi) is 4.82. The average Bonchev–Trinajstić information content (AvgIpc) is 2.52. The molecule has 110 valence electrons. The molecule has 5 nitrogen and oxygen atoms in total. The van der Waals surface area contributed by atoms with Crippen LogP contribution in [0.15, 0.2) is 6.33 Å². The molecule has 5 heteroatoms. The maximum absolute atomic E-state index is 4.61. The number of anilines is 1. The first-order valence-electron chi connectivity index (χ1n) is 7.94. The number of aromatic nitrogens is 2. The van der Waals surface area contributed by atoms with Crippen LogP contribution in [0.4, 0.5) is 5.82 Å². The van der Waals surface area contributed by atoms with Gasteiger partial charge in [0.25, 0.3) is 0 Å². The van der Waals surface area contributed by atoms with Gasteiger partial charge in [0, 0.05) is 25.2 Å². The van der Waals surface area contributed by atoms with E-state index in [2.05, 4.69) is 25.5 Å². The van der Waals surface area contributed by atoms with Crippen molar-refractivity contribution in [1.29, 1.82) is 0 Å². The van der Waals surface area contributed by atoms with Crippen LogP contribution in [0.5, 0.6) is 0 Å². The van der Waals surface area contributed by atoms with Gasteiger partial charge in [0.15, 0.2) is 0 Å². The minimum atomic E-state index is 0.891. The third-order valence-corrected chi connectivity index (χ3v) is 4.22. The summed E-state index contributed by atoms with van der Waals surface area (Å²) in [5, 5.41) is 6.90. The summed E-state index contributed by atoms with van der Waals surface area (Å²) >= 11 is 0. The zero-order valence-corrected chi connectivity index (χ0v) is 12.2. The second-order valence-electron chi connectivity index (χ2n) is 5.70. The van der Waals surface area contributed by atoms with Crippen LogP contribution in [0.1, 0.15) is 36.9 Å². The third-order valence-electron chi connectivity index (χ3n) is 4.22. The minimum Gasteiger partial charge on any atom is -0.356 e. The molecule has 0 radical (unpaired) electrons. The maximum Gasteiger partial charge on any atom is 0.135 e. The molecule has 2 aliphatic rings. The number of hydrogen-bond donors (Lipinski definition) is 2. The zero-order valence-electron chi connectivity index (χ0n) is 12.2. The Labute approximate surface area is 121 Å². The highest BCUT2D eigenvalue weighted by molar-refractivity contribution is 5.49. The molecule has 2 aliphatic heterocycles. The van der Waals surface area contributed by atoms with Gasteiger partial charge >= 0.3 is 0 Å². The van der Waals surface area contributed by atoms with Gasteiger partial charge in [-0.25, -0.2) is 9.97 Å². The van der Waals surface area contributed by atoms with Crippen LogP contribution >= 0.6 is 0 Å². The first-order chi connectivity index (χ1) is 9.95. The van der Waals surface area contributed by atoms with E-state index in [1.807, 2.05) is 0 Å². The molecule has 0 aromatic carbocycles. The molecule has 0 atom stereocenters. The molecule has 1 fully saturated rings. The van der Waals surface area contributed by atoms with Gasteiger partial charge in [0.05, 0.1) is 5.69 Å². The molecule has 0 amide bonds. The summed E-state index contributed by atoms with van der Waals surface area (Å²) in [6, 6.07) is 0. The fourth-order valence-electron chi connectivity index (χ4n) is 3.09. The van der Waals surface area contributed by atoms with Crippen molar-refractivity contribution < 1.29 is 0 Å². The summed E-state index contributed by atoms with van der Waals surface area (Å²) in [6.07, 6.45) is 7.79. The molecule has 2 N–H and O–H groups in total. The Balaban J connectivity index is 1.78. The number of nitrogens with zero attached hydrogens (tertiary/aromatic N) is 3. The maximum atomic E-state index is 4.61. The van der Waals surface area contributed by atoms with Crippen LogP contribution in [0.2, 0.25) is 0 Å². The summed E-state index contributed by atoms with van der Waals surface area (Å²) < 4.78 is 0. The molecule has 0 bridgehead atoms. The van der Waals surface area contributed by atoms with Crippen molar-refractivity contribution in [2.24, 2.45) is 0 Å². The van der Waals surface area contributed by atoms with Crippen LogP contribution in [0, 0.1) is 0 Å². The van der Waals surface area contributed by atoms with E-state index in [4.69, 9.17) is 0 Å². The second kappa shape index (κ2) is 6.99. The van der Waals surface area contributed by atoms with Crippen LogP contribution in [-0.2, 0) is 13.0 Å². The van der Waals surface area contributed by atoms with Crippen LogP contribution in [0.25, 0.3) is 0 Å². The fourth-order valence-corrected chi connectivity index (χ4v) is 3.09. The number of rotatable bonds is 1. The third kappa shape index (κ3) is 3.27. The van der Waals surface area contributed by atoms with Gasteiger partial charge in [0.1, 0.15) is 12.1 Å². The summed E-state index contributed by atoms with van der Waals surface area (Å²) in [6.45, 7) is 6.49. The lowest BCUT2D eigenvalue weighted by atomic mass is 10.1. The molecule has 0 unspecified atom stereocenters. The summed E-state index contributed by atoms with van der Waals surface area (Å²) in [4.78, 5) is 11.6. The molecule has 3 heterocycles. The van der Waals surface area contributed by atoms with Gasteiger partial charge in [-0.05, 0) is 51.7 Å². The highest BCUT2D eigenvalue weighted by atomic mass is 15.2. The number of hydrogen-bond acceptors (Lipinski definition) is 5. The summed E-state index contributed by atoms with van der Waals surface area (Å²) in [5.74, 6) is 1.20. The van der Waals surface area contributed by atoms with Crippen molar-refractivity contribution in [2.75, 3.05) is 37.6 Å². The first-order valence-corrected chi connectivity index (χ1v) is 7.94. The Morgan fingerprint density at radius 1 is 0.900 bits per heavy atom. The van der Waals surface area contributed by atoms with Gasteiger partial charge in [-0.1, -0.05) is 0 Å². The van der Waals surface area contributed by atoms with E-state index in [0.29, 0.717) is 0 Å². The quantitative estimate of drug-likeness (QED) is 0.803. The lowest BCUT2D eigenvalue weighted by molar-refractivity contribution is 0.548. The van der Waals surface area contributed by atoms with Gasteiger partial charge in [-0.2, -0.15) is 0 Å². The average molecular weight is 275 g/mol. The topological polar surface area (TPSA) is 53.1 Å². The summed E-state index contributed by atoms with van der Waals surface area (Å²) in [7, 11) is 0. The van der Waals surface area contributed by atoms with Gasteiger partial charge in [-0.3, -0.25) is 0 Å². The Hall–Kier alpha value is -1.20. The molecule has 0 saturated carbocycles. The van der Waals surface area contributed by atoms with Crippen LogP contribution in [-0.4, -0.2) is 42.7 Å². The van der Waals surface area contributed by atoms with Crippen molar-refractivity contribution in [1.82, 2.24) is 20.6 Å². The first kappa shape index (κ1) is 13.8. The molecule has 0 spiro atoms. The van der Waals surface area contributed by atoms with E-state index in [1.165, 1.54) is 42.8 Å². The normalized spacial score (nSPS) is 21.3. The van der Waals surface area contributed by atoms with E-state index in [0.717, 1.165) is 45.7 Å². The van der Waals surface area contributed by atoms with Gasteiger partial charge in [0.2, 0.25) is 0 Å². The highest BCUT2D eigenvalue weighted by Crippen LogP contribution is 2.23. The molecule has 0 aliphatic carbocycles. The van der Waals surface area contributed by atoms with Crippen molar-refractivity contribution >= 4 is 5.82 Å². The predicted molar refractivity (Wildman–Crippen MR) is 81.0 cm³/mol. The predicted octanol–water partition coefficient (Wildman–Crippen LogP) is 1.09. The fraction of sp³-hybridized carbons (Fsp3) is 0.733. The Morgan fingerprint density at radius 2 is 1.70 bits per heavy atom. The SMILES string of the molecule is c1nc2c(c(N3CCCCNCCCC3)n1)CCNC2. The van der Waals surface area contributed by atoms with Crippen molar-refractivity contribution in [3.63, 3.8) is 0 Å². The number of nitrogens with one attached hydrogen (secondary N) is 2. The smallest absolute Gasteiger partial charge is 0.135 e. The van der Waals surface area contributed by atoms with E-state index in [1.54, 1.807) is 6.33 Å². The van der Waals surface area contributed by atoms with Crippen LogP contribution < -0.4 is 15.5 Å². The summed E-state index contributed by atoms with van der Waals surface area (Å²) in [5.41, 5.74) is 2.57. The minimum absolute atomic E-state index is 0.891. The van der Waals surface area contributed by atoms with Crippen molar-refractivity contribution in [2.45, 2.75) is 38.6 Å². The Bertz CT molecular complexity index is 424.